The number of carbonyl (C=O) groups excluding carboxylic acids is 3. The van der Waals surface area contributed by atoms with Gasteiger partial charge in [0.05, 0.1) is 36.2 Å². The zero-order valence-electron chi connectivity index (χ0n) is 31.4. The van der Waals surface area contributed by atoms with Gasteiger partial charge in [-0.2, -0.15) is 0 Å². The number of hydrogen-bond acceptors (Lipinski definition) is 13. The lowest BCUT2D eigenvalue weighted by atomic mass is 9.99. The molecule has 5 N–H and O–H groups in total. The highest BCUT2D eigenvalue weighted by Gasteiger charge is 2.49. The number of nitrogens with zero attached hydrogens (tertiary/aromatic N) is 4. The first kappa shape index (κ1) is 32.7. The van der Waals surface area contributed by atoms with E-state index in [0.29, 0.717) is 65.3 Å². The standard InChI is InChI=1S/C37H41N5O10/c1-40-15-17-42(18-16-40)20-27(43)41(2)24-12-10-23(11-13-24)38-29(21-7-5-4-6-8-21)28-25-14-9-22(19-26(25)39-34(28)47)35(48)52-37-32(46)30(44)31(45)33(51-37)36(49)50-3/h4-14,19,30-33,37,39,44-47H,15-18,20H2,1-3H3/t30-,31-,32+,33-,37-/m0/s1/i1D3. The van der Waals surface area contributed by atoms with Gasteiger partial charge in [-0.1, -0.05) is 36.4 Å². The Morgan fingerprint density at radius 3 is 2.35 bits per heavy atom. The number of carbonyl (C=O) groups is 3. The van der Waals surface area contributed by atoms with E-state index >= 15 is 0 Å². The van der Waals surface area contributed by atoms with Crippen LogP contribution in [0.15, 0.2) is 77.8 Å². The van der Waals surface area contributed by atoms with Gasteiger partial charge in [-0.3, -0.25) is 9.69 Å². The minimum Gasteiger partial charge on any atom is -0.494 e. The lowest BCUT2D eigenvalue weighted by Crippen LogP contribution is -2.60. The first-order valence-electron chi connectivity index (χ1n) is 18.0. The summed E-state index contributed by atoms with van der Waals surface area (Å²) in [6.45, 7) is -0.377. The molecular weight excluding hydrogens is 674 g/mol. The number of likely N-dealkylation sites (N-methyl/N-ethyl adjacent to an activating group) is 2. The summed E-state index contributed by atoms with van der Waals surface area (Å²) in [7, 11) is 2.71. The van der Waals surface area contributed by atoms with E-state index in [0.717, 1.165) is 7.11 Å². The topological polar surface area (TPSA) is 198 Å². The van der Waals surface area contributed by atoms with Crippen molar-refractivity contribution in [2.75, 3.05) is 58.8 Å². The second-order valence-corrected chi connectivity index (χ2v) is 12.5. The van der Waals surface area contributed by atoms with Crippen molar-refractivity contribution in [3.8, 4) is 5.88 Å². The summed E-state index contributed by atoms with van der Waals surface area (Å²) in [5, 5.41) is 42.5. The molecule has 2 aliphatic rings. The SMILES string of the molecule is [2H]C([2H])([2H])N1CCN(CC(=O)N(C)c2ccc(N=C(c3ccccc3)c3c(O)[nH]c4cc(C(=O)O[C@@H]5O[C@H](C(=O)OC)[C@@H](O)[C@H](O)[C@H]5O)ccc34)cc2)CC1. The molecule has 2 fully saturated rings. The van der Waals surface area contributed by atoms with Crippen molar-refractivity contribution >= 4 is 45.8 Å². The lowest BCUT2D eigenvalue weighted by molar-refractivity contribution is -0.279. The number of hydrogen-bond donors (Lipinski definition) is 5. The van der Waals surface area contributed by atoms with Gasteiger partial charge in [0, 0.05) is 59.5 Å². The molecule has 1 amide bonds. The number of piperazine rings is 1. The van der Waals surface area contributed by atoms with Crippen LogP contribution in [0.25, 0.3) is 10.9 Å². The quantitative estimate of drug-likeness (QED) is 0.123. The number of H-pyrrole nitrogens is 1. The molecule has 0 saturated carbocycles. The predicted molar refractivity (Wildman–Crippen MR) is 190 cm³/mol. The van der Waals surface area contributed by atoms with Crippen molar-refractivity contribution in [1.29, 1.82) is 0 Å². The molecule has 1 aromatic heterocycles. The second kappa shape index (κ2) is 15.6. The molecule has 3 heterocycles. The highest BCUT2D eigenvalue weighted by molar-refractivity contribution is 6.22. The molecule has 5 atom stereocenters. The van der Waals surface area contributed by atoms with Gasteiger partial charge >= 0.3 is 11.9 Å². The molecule has 0 radical (unpaired) electrons. The van der Waals surface area contributed by atoms with E-state index in [1.165, 1.54) is 21.9 Å². The molecule has 0 unspecified atom stereocenters. The van der Waals surface area contributed by atoms with Crippen LogP contribution in [-0.4, -0.2) is 143 Å². The molecule has 6 rings (SSSR count). The van der Waals surface area contributed by atoms with Crippen LogP contribution in [0.5, 0.6) is 5.88 Å². The molecule has 3 aromatic carbocycles. The molecule has 0 spiro atoms. The van der Waals surface area contributed by atoms with E-state index in [9.17, 15) is 34.8 Å². The van der Waals surface area contributed by atoms with Crippen LogP contribution in [0.1, 0.15) is 25.6 Å². The number of aliphatic hydroxyl groups excluding tert-OH is 3. The van der Waals surface area contributed by atoms with Gasteiger partial charge in [-0.25, -0.2) is 14.6 Å². The zero-order chi connectivity index (χ0) is 39.6. The second-order valence-electron chi connectivity index (χ2n) is 12.5. The molecule has 0 bridgehead atoms. The Kier molecular flexibility index (Phi) is 9.82. The van der Waals surface area contributed by atoms with Crippen LogP contribution in [0.4, 0.5) is 11.4 Å². The van der Waals surface area contributed by atoms with Crippen molar-refractivity contribution in [2.24, 2.45) is 4.99 Å². The van der Waals surface area contributed by atoms with Crippen LogP contribution in [0.2, 0.25) is 0 Å². The van der Waals surface area contributed by atoms with Gasteiger partial charge in [0.2, 0.25) is 12.2 Å². The fourth-order valence-corrected chi connectivity index (χ4v) is 6.07. The number of ether oxygens (including phenoxy) is 3. The number of anilines is 1. The van der Waals surface area contributed by atoms with Crippen LogP contribution < -0.4 is 4.90 Å². The maximum Gasteiger partial charge on any atom is 0.340 e. The third-order valence-electron chi connectivity index (χ3n) is 9.11. The van der Waals surface area contributed by atoms with Crippen molar-refractivity contribution in [1.82, 2.24) is 14.8 Å². The highest BCUT2D eigenvalue weighted by atomic mass is 16.7. The molecule has 2 aliphatic heterocycles. The number of benzene rings is 3. The van der Waals surface area contributed by atoms with Crippen LogP contribution in [-0.2, 0) is 23.8 Å². The number of aliphatic hydroxyl groups is 3. The minimum atomic E-state index is -2.15. The van der Waals surface area contributed by atoms with Gasteiger partial charge in [-0.05, 0) is 43.4 Å². The number of aliphatic imine (C=N–C) groups is 1. The zero-order valence-corrected chi connectivity index (χ0v) is 28.4. The first-order chi connectivity index (χ1) is 26.2. The van der Waals surface area contributed by atoms with Crippen molar-refractivity contribution < 1.29 is 53.1 Å². The Morgan fingerprint density at radius 2 is 1.67 bits per heavy atom. The number of aromatic hydroxyl groups is 1. The largest absolute Gasteiger partial charge is 0.494 e. The molecule has 52 heavy (non-hydrogen) atoms. The number of amides is 1. The Morgan fingerprint density at radius 1 is 0.962 bits per heavy atom. The summed E-state index contributed by atoms with van der Waals surface area (Å²) in [4.78, 5) is 51.0. The summed E-state index contributed by atoms with van der Waals surface area (Å²) in [6, 6.07) is 20.5. The van der Waals surface area contributed by atoms with Crippen molar-refractivity contribution in [2.45, 2.75) is 30.7 Å². The minimum absolute atomic E-state index is 0.0309. The number of esters is 2. The molecule has 2 saturated heterocycles. The van der Waals surface area contributed by atoms with Gasteiger partial charge in [0.15, 0.2) is 12.0 Å². The number of aromatic nitrogens is 1. The van der Waals surface area contributed by atoms with Gasteiger partial charge in [0.1, 0.15) is 18.3 Å². The van der Waals surface area contributed by atoms with E-state index in [1.807, 2.05) is 35.2 Å². The van der Waals surface area contributed by atoms with Crippen molar-refractivity contribution in [3.05, 3.63) is 89.5 Å². The van der Waals surface area contributed by atoms with Crippen LogP contribution in [0.3, 0.4) is 0 Å². The molecular formula is C37H41N5O10. The van der Waals surface area contributed by atoms with E-state index in [4.69, 9.17) is 18.6 Å². The van der Waals surface area contributed by atoms with Gasteiger partial charge in [0.25, 0.3) is 0 Å². The van der Waals surface area contributed by atoms with E-state index in [1.54, 1.807) is 37.4 Å². The number of aromatic amines is 1. The fraction of sp³-hybridized carbons (Fsp3) is 0.351. The summed E-state index contributed by atoms with van der Waals surface area (Å²) in [6.07, 6.45) is -9.10. The van der Waals surface area contributed by atoms with Gasteiger partial charge in [-0.15, -0.1) is 0 Å². The molecule has 15 heteroatoms. The number of fused-ring (bicyclic) bond motifs is 1. The summed E-state index contributed by atoms with van der Waals surface area (Å²) in [5.74, 6) is -2.43. The maximum atomic E-state index is 13.2. The Labute approximate surface area is 303 Å². The Bertz CT molecular complexity index is 2050. The fourth-order valence-electron chi connectivity index (χ4n) is 6.07. The van der Waals surface area contributed by atoms with Crippen molar-refractivity contribution in [3.63, 3.8) is 0 Å². The first-order valence-corrected chi connectivity index (χ1v) is 16.5. The average Bonchev–Trinajstić information content (AvgIpc) is 3.51. The number of methoxy groups -OCH3 is 1. The summed E-state index contributed by atoms with van der Waals surface area (Å²) < 4.78 is 37.9. The smallest absolute Gasteiger partial charge is 0.340 e. The lowest BCUT2D eigenvalue weighted by Gasteiger charge is -2.38. The summed E-state index contributed by atoms with van der Waals surface area (Å²) >= 11 is 0. The maximum absolute atomic E-state index is 13.2. The third-order valence-corrected chi connectivity index (χ3v) is 9.11. The highest BCUT2D eigenvalue weighted by Crippen LogP contribution is 2.33. The number of rotatable bonds is 9. The number of nitrogens with one attached hydrogen (secondary N) is 1. The average molecular weight is 719 g/mol. The van der Waals surface area contributed by atoms with E-state index in [-0.39, 0.29) is 23.9 Å². The van der Waals surface area contributed by atoms with E-state index < -0.39 is 49.6 Å². The molecule has 274 valence electrons. The van der Waals surface area contributed by atoms with Crippen LogP contribution in [0, 0.1) is 0 Å². The normalized spacial score (nSPS) is 24.1. The molecule has 0 aliphatic carbocycles. The van der Waals surface area contributed by atoms with E-state index in [2.05, 4.69) is 9.72 Å². The molecule has 4 aromatic rings. The van der Waals surface area contributed by atoms with Crippen LogP contribution >= 0.6 is 0 Å². The molecule has 15 nitrogen and oxygen atoms in total. The third kappa shape index (κ3) is 7.69. The monoisotopic (exact) mass is 718 g/mol. The van der Waals surface area contributed by atoms with Gasteiger partial charge < -0.3 is 49.4 Å². The Balaban J connectivity index is 1.21. The summed E-state index contributed by atoms with van der Waals surface area (Å²) in [5.41, 5.74) is 2.83. The Hall–Kier alpha value is -5.16. The predicted octanol–water partition coefficient (Wildman–Crippen LogP) is 1.39.